The van der Waals surface area contributed by atoms with E-state index in [9.17, 15) is 9.18 Å². The second kappa shape index (κ2) is 5.46. The molecule has 1 aliphatic rings. The van der Waals surface area contributed by atoms with Gasteiger partial charge in [0.2, 0.25) is 0 Å². The van der Waals surface area contributed by atoms with Gasteiger partial charge in [0, 0.05) is 24.3 Å². The summed E-state index contributed by atoms with van der Waals surface area (Å²) in [4.78, 5) is 12.7. The maximum atomic E-state index is 13.4. The highest BCUT2D eigenvalue weighted by atomic mass is 19.1. The zero-order valence-corrected chi connectivity index (χ0v) is 10.2. The third-order valence-corrected chi connectivity index (χ3v) is 2.94. The lowest BCUT2D eigenvalue weighted by Gasteiger charge is -2.37. The molecule has 2 unspecified atom stereocenters. The number of carbonyl (C=O) groups excluding carboxylic acids is 1. The number of benzene rings is 1. The summed E-state index contributed by atoms with van der Waals surface area (Å²) in [6.07, 6.45) is 0.301. The second-order valence-corrected chi connectivity index (χ2v) is 4.52. The molecule has 98 valence electrons. The van der Waals surface area contributed by atoms with Crippen LogP contribution >= 0.6 is 0 Å². The van der Waals surface area contributed by atoms with Crippen LogP contribution in [0.4, 0.5) is 10.1 Å². The molecule has 5 heteroatoms. The van der Waals surface area contributed by atoms with Gasteiger partial charge < -0.3 is 14.7 Å². The highest BCUT2D eigenvalue weighted by Crippen LogP contribution is 2.22. The average molecular weight is 253 g/mol. The van der Waals surface area contributed by atoms with E-state index >= 15 is 0 Å². The minimum Gasteiger partial charge on any atom is -0.394 e. The number of aldehydes is 1. The predicted molar refractivity (Wildman–Crippen MR) is 65.4 cm³/mol. The lowest BCUT2D eigenvalue weighted by atomic mass is 10.1. The minimum atomic E-state index is -0.436. The number of hydrogen-bond donors (Lipinski definition) is 1. The lowest BCUT2D eigenvalue weighted by molar-refractivity contribution is -0.0421. The van der Waals surface area contributed by atoms with Crippen LogP contribution in [0.5, 0.6) is 0 Å². The summed E-state index contributed by atoms with van der Waals surface area (Å²) in [6, 6.07) is 4.23. The molecule has 2 atom stereocenters. The van der Waals surface area contributed by atoms with Gasteiger partial charge in [-0.1, -0.05) is 0 Å². The van der Waals surface area contributed by atoms with Gasteiger partial charge in [-0.15, -0.1) is 0 Å². The van der Waals surface area contributed by atoms with E-state index < -0.39 is 5.82 Å². The van der Waals surface area contributed by atoms with E-state index in [0.29, 0.717) is 30.6 Å². The number of carbonyl (C=O) groups is 1. The predicted octanol–water partition coefficient (Wildman–Crippen LogP) is 1.22. The Hall–Kier alpha value is -1.46. The number of aliphatic hydroxyl groups excluding tert-OH is 1. The molecule has 0 spiro atoms. The van der Waals surface area contributed by atoms with Crippen molar-refractivity contribution in [1.29, 1.82) is 0 Å². The highest BCUT2D eigenvalue weighted by molar-refractivity contribution is 5.77. The molecule has 1 heterocycles. The molecule has 0 aliphatic carbocycles. The smallest absolute Gasteiger partial charge is 0.150 e. The van der Waals surface area contributed by atoms with Crippen molar-refractivity contribution in [3.63, 3.8) is 0 Å². The molecule has 1 N–H and O–H groups in total. The molecule has 2 rings (SSSR count). The lowest BCUT2D eigenvalue weighted by Crippen LogP contribution is -2.48. The number of morpholine rings is 1. The van der Waals surface area contributed by atoms with Crippen LogP contribution in [0.25, 0.3) is 0 Å². The molecule has 1 fully saturated rings. The van der Waals surface area contributed by atoms with Crippen molar-refractivity contribution in [2.45, 2.75) is 19.1 Å². The Morgan fingerprint density at radius 2 is 2.28 bits per heavy atom. The average Bonchev–Trinajstić information content (AvgIpc) is 2.37. The van der Waals surface area contributed by atoms with Crippen LogP contribution in [0.3, 0.4) is 0 Å². The summed E-state index contributed by atoms with van der Waals surface area (Å²) in [6.45, 7) is 2.92. The molecule has 1 saturated heterocycles. The van der Waals surface area contributed by atoms with Crippen molar-refractivity contribution >= 4 is 12.0 Å². The fourth-order valence-electron chi connectivity index (χ4n) is 2.20. The molecule has 1 aromatic carbocycles. The van der Waals surface area contributed by atoms with Crippen LogP contribution in [0.2, 0.25) is 0 Å². The van der Waals surface area contributed by atoms with Gasteiger partial charge in [-0.3, -0.25) is 4.79 Å². The topological polar surface area (TPSA) is 49.8 Å². The summed E-state index contributed by atoms with van der Waals surface area (Å²) in [5, 5.41) is 9.15. The summed E-state index contributed by atoms with van der Waals surface area (Å²) in [7, 11) is 0. The van der Waals surface area contributed by atoms with Gasteiger partial charge in [-0.25, -0.2) is 4.39 Å². The largest absolute Gasteiger partial charge is 0.394 e. The summed E-state index contributed by atoms with van der Waals surface area (Å²) < 4.78 is 18.9. The molecule has 18 heavy (non-hydrogen) atoms. The van der Waals surface area contributed by atoms with Gasteiger partial charge >= 0.3 is 0 Å². The Morgan fingerprint density at radius 3 is 2.94 bits per heavy atom. The molecule has 1 aromatic rings. The number of nitrogens with zero attached hydrogens (tertiary/aromatic N) is 1. The summed E-state index contributed by atoms with van der Waals surface area (Å²) in [5.41, 5.74) is 0.954. The summed E-state index contributed by atoms with van der Waals surface area (Å²) >= 11 is 0. The zero-order valence-electron chi connectivity index (χ0n) is 10.2. The van der Waals surface area contributed by atoms with Crippen LogP contribution in [-0.4, -0.2) is 43.3 Å². The zero-order chi connectivity index (χ0) is 13.1. The first-order valence-corrected chi connectivity index (χ1v) is 5.89. The minimum absolute atomic E-state index is 0.0427. The molecule has 0 amide bonds. The van der Waals surface area contributed by atoms with Crippen LogP contribution < -0.4 is 4.90 Å². The standard InChI is InChI=1S/C13H16FNO3/c1-9-5-15(6-13(8-17)18-9)12-3-10(7-16)2-11(14)4-12/h2-4,7,9,13,17H,5-6,8H2,1H3. The van der Waals surface area contributed by atoms with Gasteiger partial charge in [0.15, 0.2) is 0 Å². The number of halogens is 1. The quantitative estimate of drug-likeness (QED) is 0.823. The Bertz CT molecular complexity index is 438. The van der Waals surface area contributed by atoms with E-state index in [4.69, 9.17) is 9.84 Å². The molecule has 4 nitrogen and oxygen atoms in total. The van der Waals surface area contributed by atoms with Gasteiger partial charge in [0.05, 0.1) is 18.8 Å². The number of aliphatic hydroxyl groups is 1. The van der Waals surface area contributed by atoms with Crippen molar-refractivity contribution in [2.75, 3.05) is 24.6 Å². The van der Waals surface area contributed by atoms with Crippen LogP contribution in [0.1, 0.15) is 17.3 Å². The normalized spacial score (nSPS) is 24.1. The Labute approximate surface area is 105 Å². The number of anilines is 1. The van der Waals surface area contributed by atoms with E-state index in [1.54, 1.807) is 6.07 Å². The van der Waals surface area contributed by atoms with Gasteiger partial charge in [0.25, 0.3) is 0 Å². The fourth-order valence-corrected chi connectivity index (χ4v) is 2.20. The Balaban J connectivity index is 2.24. The van der Waals surface area contributed by atoms with E-state index in [1.165, 1.54) is 12.1 Å². The SMILES string of the molecule is CC1CN(c2cc(F)cc(C=O)c2)CC(CO)O1. The van der Waals surface area contributed by atoms with E-state index in [0.717, 1.165) is 0 Å². The molecular weight excluding hydrogens is 237 g/mol. The van der Waals surface area contributed by atoms with E-state index in [1.807, 2.05) is 11.8 Å². The van der Waals surface area contributed by atoms with E-state index in [-0.39, 0.29) is 18.8 Å². The maximum Gasteiger partial charge on any atom is 0.150 e. The van der Waals surface area contributed by atoms with Crippen molar-refractivity contribution in [3.8, 4) is 0 Å². The molecule has 1 aliphatic heterocycles. The van der Waals surface area contributed by atoms with Crippen molar-refractivity contribution in [1.82, 2.24) is 0 Å². The summed E-state index contributed by atoms with van der Waals surface area (Å²) in [5.74, 6) is -0.436. The fraction of sp³-hybridized carbons (Fsp3) is 0.462. The maximum absolute atomic E-state index is 13.4. The monoisotopic (exact) mass is 253 g/mol. The Morgan fingerprint density at radius 1 is 1.50 bits per heavy atom. The van der Waals surface area contributed by atoms with Crippen LogP contribution in [-0.2, 0) is 4.74 Å². The van der Waals surface area contributed by atoms with Crippen LogP contribution in [0, 0.1) is 5.82 Å². The molecule has 0 bridgehead atoms. The third-order valence-electron chi connectivity index (χ3n) is 2.94. The van der Waals surface area contributed by atoms with Gasteiger partial charge in [-0.05, 0) is 25.1 Å². The van der Waals surface area contributed by atoms with Gasteiger partial charge in [0.1, 0.15) is 12.1 Å². The Kier molecular flexibility index (Phi) is 3.93. The number of hydrogen-bond acceptors (Lipinski definition) is 4. The highest BCUT2D eigenvalue weighted by Gasteiger charge is 2.25. The van der Waals surface area contributed by atoms with Crippen molar-refractivity contribution in [2.24, 2.45) is 0 Å². The number of rotatable bonds is 3. The first-order valence-electron chi connectivity index (χ1n) is 5.89. The van der Waals surface area contributed by atoms with Crippen molar-refractivity contribution < 1.29 is 19.0 Å². The molecule has 0 saturated carbocycles. The van der Waals surface area contributed by atoms with Crippen LogP contribution in [0.15, 0.2) is 18.2 Å². The second-order valence-electron chi connectivity index (χ2n) is 4.52. The first-order chi connectivity index (χ1) is 8.62. The van der Waals surface area contributed by atoms with Crippen molar-refractivity contribution in [3.05, 3.63) is 29.6 Å². The first kappa shape index (κ1) is 13.0. The third kappa shape index (κ3) is 2.86. The molecule has 0 radical (unpaired) electrons. The molecular formula is C13H16FNO3. The van der Waals surface area contributed by atoms with E-state index in [2.05, 4.69) is 0 Å². The number of ether oxygens (including phenoxy) is 1. The molecule has 0 aromatic heterocycles. The van der Waals surface area contributed by atoms with Gasteiger partial charge in [-0.2, -0.15) is 0 Å².